The van der Waals surface area contributed by atoms with Crippen LogP contribution in [-0.2, 0) is 4.79 Å². The summed E-state index contributed by atoms with van der Waals surface area (Å²) in [7, 11) is 1.60. The van der Waals surface area contributed by atoms with Gasteiger partial charge in [-0.3, -0.25) is 9.59 Å². The van der Waals surface area contributed by atoms with E-state index in [-0.39, 0.29) is 17.7 Å². The van der Waals surface area contributed by atoms with Crippen molar-refractivity contribution in [2.75, 3.05) is 25.5 Å². The van der Waals surface area contributed by atoms with E-state index in [1.165, 1.54) is 12.8 Å². The number of hydrogen-bond acceptors (Lipinski definition) is 5. The minimum atomic E-state index is -0.230. The van der Waals surface area contributed by atoms with E-state index in [1.807, 2.05) is 11.8 Å². The average molecular weight is 423 g/mol. The molecule has 1 aromatic carbocycles. The number of anilines is 1. The number of piperidine rings is 1. The van der Waals surface area contributed by atoms with Crippen LogP contribution in [0.3, 0.4) is 0 Å². The van der Waals surface area contributed by atoms with Crippen molar-refractivity contribution in [3.63, 3.8) is 0 Å². The second-order valence-electron chi connectivity index (χ2n) is 8.49. The highest BCUT2D eigenvalue weighted by atomic mass is 16.5. The molecular weight excluding hydrogens is 392 g/mol. The predicted octanol–water partition coefficient (Wildman–Crippen LogP) is 3.94. The summed E-state index contributed by atoms with van der Waals surface area (Å²) in [5.74, 6) is 2.07. The lowest BCUT2D eigenvalue weighted by atomic mass is 9.94. The molecule has 0 atom stereocenters. The van der Waals surface area contributed by atoms with Crippen LogP contribution >= 0.6 is 0 Å². The molecule has 7 heteroatoms. The average Bonchev–Trinajstić information content (AvgIpc) is 3.34. The minimum absolute atomic E-state index is 0.227. The Hall–Kier alpha value is -2.96. The Kier molecular flexibility index (Phi) is 6.49. The topological polar surface area (TPSA) is 84.4 Å². The van der Waals surface area contributed by atoms with E-state index in [9.17, 15) is 9.59 Å². The molecule has 4 rings (SSSR count). The third-order valence-electron chi connectivity index (χ3n) is 6.47. The standard InChI is InChI=1S/C24H30N4O3/c1-16-21(23(29)27-19-7-9-20(31-2)10-8-19)15-25-22(26-16)17-11-13-28(14-12-17)24(30)18-5-3-4-6-18/h7-10,15,17-18H,3-6,11-14H2,1-2H3,(H,27,29). The first kappa shape index (κ1) is 21.3. The number of hydrogen-bond donors (Lipinski definition) is 1. The van der Waals surface area contributed by atoms with Crippen LogP contribution in [0.4, 0.5) is 5.69 Å². The van der Waals surface area contributed by atoms with Gasteiger partial charge in [0.05, 0.1) is 18.4 Å². The minimum Gasteiger partial charge on any atom is -0.497 e. The van der Waals surface area contributed by atoms with Gasteiger partial charge in [0.15, 0.2) is 0 Å². The first-order chi connectivity index (χ1) is 15.0. The highest BCUT2D eigenvalue weighted by Gasteiger charge is 2.31. The summed E-state index contributed by atoms with van der Waals surface area (Å²) in [6.45, 7) is 3.37. The summed E-state index contributed by atoms with van der Waals surface area (Å²) >= 11 is 0. The van der Waals surface area contributed by atoms with Gasteiger partial charge in [-0.2, -0.15) is 0 Å². The van der Waals surface area contributed by atoms with Gasteiger partial charge in [-0.1, -0.05) is 12.8 Å². The van der Waals surface area contributed by atoms with Crippen molar-refractivity contribution in [3.8, 4) is 5.75 Å². The van der Waals surface area contributed by atoms with Crippen LogP contribution in [0.15, 0.2) is 30.5 Å². The predicted molar refractivity (Wildman–Crippen MR) is 118 cm³/mol. The first-order valence-electron chi connectivity index (χ1n) is 11.1. The van der Waals surface area contributed by atoms with Gasteiger partial charge in [0.25, 0.3) is 5.91 Å². The fourth-order valence-electron chi connectivity index (χ4n) is 4.57. The van der Waals surface area contributed by atoms with Gasteiger partial charge < -0.3 is 15.0 Å². The van der Waals surface area contributed by atoms with Crippen LogP contribution in [0.2, 0.25) is 0 Å². The molecule has 2 heterocycles. The SMILES string of the molecule is COc1ccc(NC(=O)c2cnc(C3CCN(C(=O)C4CCCC4)CC3)nc2C)cc1. The highest BCUT2D eigenvalue weighted by molar-refractivity contribution is 6.04. The Morgan fingerprint density at radius 1 is 1.06 bits per heavy atom. The molecule has 1 aliphatic carbocycles. The molecule has 2 fully saturated rings. The number of nitrogens with zero attached hydrogens (tertiary/aromatic N) is 3. The number of benzene rings is 1. The van der Waals surface area contributed by atoms with Crippen LogP contribution in [0.25, 0.3) is 0 Å². The van der Waals surface area contributed by atoms with Crippen LogP contribution in [0, 0.1) is 12.8 Å². The van der Waals surface area contributed by atoms with E-state index in [0.29, 0.717) is 22.9 Å². The lowest BCUT2D eigenvalue weighted by Crippen LogP contribution is -2.41. The number of rotatable bonds is 5. The Labute approximate surface area is 183 Å². The van der Waals surface area contributed by atoms with Gasteiger partial charge in [-0.25, -0.2) is 9.97 Å². The summed E-state index contributed by atoms with van der Waals surface area (Å²) in [5, 5.41) is 2.88. The number of carbonyl (C=O) groups is 2. The quantitative estimate of drug-likeness (QED) is 0.789. The number of methoxy groups -OCH3 is 1. The van der Waals surface area contributed by atoms with Gasteiger partial charge in [0.2, 0.25) is 5.91 Å². The zero-order valence-electron chi connectivity index (χ0n) is 18.3. The monoisotopic (exact) mass is 422 g/mol. The fourth-order valence-corrected chi connectivity index (χ4v) is 4.57. The summed E-state index contributed by atoms with van der Waals surface area (Å²) in [4.78, 5) is 36.5. The van der Waals surface area contributed by atoms with E-state index < -0.39 is 0 Å². The maximum Gasteiger partial charge on any atom is 0.259 e. The maximum atomic E-state index is 12.7. The molecular formula is C24H30N4O3. The molecule has 0 unspecified atom stereocenters. The van der Waals surface area contributed by atoms with Crippen molar-refractivity contribution in [2.24, 2.45) is 5.92 Å². The Bertz CT molecular complexity index is 930. The zero-order chi connectivity index (χ0) is 21.8. The lowest BCUT2D eigenvalue weighted by molar-refractivity contribution is -0.136. The smallest absolute Gasteiger partial charge is 0.259 e. The van der Waals surface area contributed by atoms with Crippen LogP contribution in [0.1, 0.15) is 66.3 Å². The number of ether oxygens (including phenoxy) is 1. The Balaban J connectivity index is 1.36. The zero-order valence-corrected chi connectivity index (χ0v) is 18.3. The Morgan fingerprint density at radius 2 is 1.74 bits per heavy atom. The van der Waals surface area contributed by atoms with E-state index in [4.69, 9.17) is 4.74 Å². The molecule has 7 nitrogen and oxygen atoms in total. The summed E-state index contributed by atoms with van der Waals surface area (Å²) in [6.07, 6.45) is 7.80. The van der Waals surface area contributed by atoms with Gasteiger partial charge in [-0.05, 0) is 56.9 Å². The largest absolute Gasteiger partial charge is 0.497 e. The third kappa shape index (κ3) is 4.86. The van der Waals surface area contributed by atoms with Gasteiger partial charge >= 0.3 is 0 Å². The van der Waals surface area contributed by atoms with Crippen LogP contribution in [-0.4, -0.2) is 46.9 Å². The maximum absolute atomic E-state index is 12.7. The number of carbonyl (C=O) groups excluding carboxylic acids is 2. The molecule has 0 bridgehead atoms. The van der Waals surface area contributed by atoms with Crippen molar-refractivity contribution in [1.82, 2.24) is 14.9 Å². The van der Waals surface area contributed by atoms with Crippen LogP contribution < -0.4 is 10.1 Å². The molecule has 31 heavy (non-hydrogen) atoms. The molecule has 1 aliphatic heterocycles. The van der Waals surface area contributed by atoms with Crippen molar-refractivity contribution < 1.29 is 14.3 Å². The molecule has 0 spiro atoms. The molecule has 1 aromatic heterocycles. The van der Waals surface area contributed by atoms with Crippen molar-refractivity contribution in [2.45, 2.75) is 51.4 Å². The number of amides is 2. The summed E-state index contributed by atoms with van der Waals surface area (Å²) < 4.78 is 5.14. The summed E-state index contributed by atoms with van der Waals surface area (Å²) in [6, 6.07) is 7.18. The molecule has 2 aliphatic rings. The molecule has 1 N–H and O–H groups in total. The normalized spacial score (nSPS) is 17.5. The number of aromatic nitrogens is 2. The first-order valence-corrected chi connectivity index (χ1v) is 11.1. The molecule has 0 radical (unpaired) electrons. The molecule has 1 saturated heterocycles. The lowest BCUT2D eigenvalue weighted by Gasteiger charge is -2.33. The highest BCUT2D eigenvalue weighted by Crippen LogP contribution is 2.31. The molecule has 1 saturated carbocycles. The second-order valence-corrected chi connectivity index (χ2v) is 8.49. The van der Waals surface area contributed by atoms with E-state index >= 15 is 0 Å². The Morgan fingerprint density at radius 3 is 2.35 bits per heavy atom. The number of nitrogens with one attached hydrogen (secondary N) is 1. The number of aryl methyl sites for hydroxylation is 1. The van der Waals surface area contributed by atoms with E-state index in [2.05, 4.69) is 15.3 Å². The van der Waals surface area contributed by atoms with Crippen LogP contribution in [0.5, 0.6) is 5.75 Å². The van der Waals surface area contributed by atoms with Gasteiger partial charge in [0, 0.05) is 36.8 Å². The fraction of sp³-hybridized carbons (Fsp3) is 0.500. The third-order valence-corrected chi connectivity index (χ3v) is 6.47. The molecule has 2 amide bonds. The van der Waals surface area contributed by atoms with Gasteiger partial charge in [0.1, 0.15) is 11.6 Å². The van der Waals surface area contributed by atoms with Crippen molar-refractivity contribution in [3.05, 3.63) is 47.5 Å². The second kappa shape index (κ2) is 9.45. The summed E-state index contributed by atoms with van der Waals surface area (Å²) in [5.41, 5.74) is 1.82. The number of likely N-dealkylation sites (tertiary alicyclic amines) is 1. The van der Waals surface area contributed by atoms with Crippen molar-refractivity contribution >= 4 is 17.5 Å². The van der Waals surface area contributed by atoms with Crippen molar-refractivity contribution in [1.29, 1.82) is 0 Å². The van der Waals surface area contributed by atoms with E-state index in [1.54, 1.807) is 37.6 Å². The van der Waals surface area contributed by atoms with Gasteiger partial charge in [-0.15, -0.1) is 0 Å². The van der Waals surface area contributed by atoms with E-state index in [0.717, 1.165) is 50.3 Å². The molecule has 164 valence electrons. The molecule has 2 aromatic rings.